The molecule has 1 aromatic rings. The van der Waals surface area contributed by atoms with Crippen LogP contribution >= 0.6 is 0 Å². The summed E-state index contributed by atoms with van der Waals surface area (Å²) >= 11 is 0. The van der Waals surface area contributed by atoms with Crippen molar-refractivity contribution in [3.05, 3.63) is 11.8 Å². The van der Waals surface area contributed by atoms with Crippen molar-refractivity contribution in [2.75, 3.05) is 23.7 Å². The monoisotopic (exact) mass is 252 g/mol. The molecule has 2 rings (SSSR count). The molecular weight excluding hydrogens is 232 g/mol. The van der Waals surface area contributed by atoms with Gasteiger partial charge in [0.15, 0.2) is 0 Å². The van der Waals surface area contributed by atoms with Crippen LogP contribution in [0.3, 0.4) is 0 Å². The number of nitrogens with zero attached hydrogens (tertiary/aromatic N) is 3. The number of aliphatic hydroxyl groups is 1. The predicted octanol–water partition coefficient (Wildman–Crippen LogP) is 0.342. The van der Waals surface area contributed by atoms with Gasteiger partial charge in [0.25, 0.3) is 0 Å². The van der Waals surface area contributed by atoms with Crippen molar-refractivity contribution in [2.24, 2.45) is 0 Å². The molecule has 3 N–H and O–H groups in total. The standard InChI is InChI=1S/C12H20N4O2/c1-7(2)18-10-6-16(5-9(10)17)11-4-8(3)14-12(13)15-11/h4,7,9-10,17H,5-6H2,1-3H3,(H2,13,14,15)/t9-,10-/m0/s1. The fourth-order valence-corrected chi connectivity index (χ4v) is 2.16. The Morgan fingerprint density at radius 3 is 2.78 bits per heavy atom. The lowest BCUT2D eigenvalue weighted by atomic mass is 10.2. The summed E-state index contributed by atoms with van der Waals surface area (Å²) < 4.78 is 5.67. The van der Waals surface area contributed by atoms with Crippen LogP contribution in [0.25, 0.3) is 0 Å². The van der Waals surface area contributed by atoms with E-state index in [1.54, 1.807) is 0 Å². The Morgan fingerprint density at radius 1 is 1.44 bits per heavy atom. The van der Waals surface area contributed by atoms with Gasteiger partial charge in [0.05, 0.1) is 12.2 Å². The number of ether oxygens (including phenoxy) is 1. The van der Waals surface area contributed by atoms with Crippen molar-refractivity contribution in [3.63, 3.8) is 0 Å². The van der Waals surface area contributed by atoms with Crippen LogP contribution in [0.4, 0.5) is 11.8 Å². The normalized spacial score (nSPS) is 23.9. The van der Waals surface area contributed by atoms with Crippen LogP contribution in [0.15, 0.2) is 6.07 Å². The second-order valence-corrected chi connectivity index (χ2v) is 4.92. The molecule has 0 amide bonds. The van der Waals surface area contributed by atoms with Crippen molar-refractivity contribution >= 4 is 11.8 Å². The molecule has 0 saturated carbocycles. The molecule has 1 saturated heterocycles. The molecule has 18 heavy (non-hydrogen) atoms. The van der Waals surface area contributed by atoms with E-state index in [9.17, 15) is 5.11 Å². The molecule has 0 radical (unpaired) electrons. The molecule has 1 fully saturated rings. The Kier molecular flexibility index (Phi) is 3.68. The molecule has 0 bridgehead atoms. The van der Waals surface area contributed by atoms with E-state index in [4.69, 9.17) is 10.5 Å². The molecular formula is C12H20N4O2. The van der Waals surface area contributed by atoms with Crippen LogP contribution in [0.5, 0.6) is 0 Å². The summed E-state index contributed by atoms with van der Waals surface area (Å²) in [7, 11) is 0. The predicted molar refractivity (Wildman–Crippen MR) is 69.4 cm³/mol. The van der Waals surface area contributed by atoms with E-state index < -0.39 is 6.10 Å². The summed E-state index contributed by atoms with van der Waals surface area (Å²) in [5, 5.41) is 9.97. The molecule has 2 heterocycles. The number of nitrogen functional groups attached to an aromatic ring is 1. The van der Waals surface area contributed by atoms with Gasteiger partial charge in [-0.05, 0) is 20.8 Å². The fraction of sp³-hybridized carbons (Fsp3) is 0.667. The first kappa shape index (κ1) is 13.0. The van der Waals surface area contributed by atoms with Gasteiger partial charge in [0.1, 0.15) is 11.9 Å². The van der Waals surface area contributed by atoms with Crippen molar-refractivity contribution < 1.29 is 9.84 Å². The zero-order chi connectivity index (χ0) is 13.3. The van der Waals surface area contributed by atoms with Gasteiger partial charge in [0.2, 0.25) is 5.95 Å². The van der Waals surface area contributed by atoms with E-state index >= 15 is 0 Å². The molecule has 6 heteroatoms. The number of nitrogens with two attached hydrogens (primary N) is 1. The Hall–Kier alpha value is -1.40. The van der Waals surface area contributed by atoms with Crippen molar-refractivity contribution in [3.8, 4) is 0 Å². The highest BCUT2D eigenvalue weighted by Crippen LogP contribution is 2.22. The molecule has 1 aliphatic heterocycles. The summed E-state index contributed by atoms with van der Waals surface area (Å²) in [4.78, 5) is 10.2. The van der Waals surface area contributed by atoms with Crippen LogP contribution in [0, 0.1) is 6.92 Å². The van der Waals surface area contributed by atoms with E-state index in [2.05, 4.69) is 9.97 Å². The minimum Gasteiger partial charge on any atom is -0.388 e. The number of hydrogen-bond donors (Lipinski definition) is 2. The maximum absolute atomic E-state index is 9.97. The van der Waals surface area contributed by atoms with E-state index in [1.807, 2.05) is 31.7 Å². The summed E-state index contributed by atoms with van der Waals surface area (Å²) in [6.45, 7) is 6.92. The van der Waals surface area contributed by atoms with Crippen LogP contribution in [-0.4, -0.2) is 46.5 Å². The van der Waals surface area contributed by atoms with Gasteiger partial charge in [-0.2, -0.15) is 4.98 Å². The first-order chi connectivity index (χ1) is 8.45. The number of rotatable bonds is 3. The van der Waals surface area contributed by atoms with Gasteiger partial charge >= 0.3 is 0 Å². The number of anilines is 2. The highest BCUT2D eigenvalue weighted by molar-refractivity contribution is 5.45. The number of aryl methyl sites for hydroxylation is 1. The average molecular weight is 252 g/mol. The molecule has 0 unspecified atom stereocenters. The minimum absolute atomic E-state index is 0.0989. The molecule has 1 aromatic heterocycles. The third-order valence-corrected chi connectivity index (χ3v) is 2.87. The van der Waals surface area contributed by atoms with Crippen molar-refractivity contribution in [2.45, 2.75) is 39.1 Å². The Morgan fingerprint density at radius 2 is 2.17 bits per heavy atom. The van der Waals surface area contributed by atoms with E-state index in [0.717, 1.165) is 11.5 Å². The zero-order valence-electron chi connectivity index (χ0n) is 11.0. The Bertz CT molecular complexity index is 404. The maximum Gasteiger partial charge on any atom is 0.222 e. The number of aromatic nitrogens is 2. The average Bonchev–Trinajstić information content (AvgIpc) is 2.58. The van der Waals surface area contributed by atoms with Crippen LogP contribution in [0.2, 0.25) is 0 Å². The fourth-order valence-electron chi connectivity index (χ4n) is 2.16. The maximum atomic E-state index is 9.97. The number of β-amino-alcohol motifs (C(OH)–C–C–N with tert-alkyl or cyclic N) is 1. The van der Waals surface area contributed by atoms with Gasteiger partial charge in [-0.25, -0.2) is 4.98 Å². The third kappa shape index (κ3) is 2.88. The third-order valence-electron chi connectivity index (χ3n) is 2.87. The first-order valence-corrected chi connectivity index (χ1v) is 6.15. The second kappa shape index (κ2) is 5.07. The molecule has 0 aromatic carbocycles. The number of aliphatic hydroxyl groups excluding tert-OH is 1. The van der Waals surface area contributed by atoms with Crippen molar-refractivity contribution in [1.29, 1.82) is 0 Å². The highest BCUT2D eigenvalue weighted by atomic mass is 16.5. The summed E-state index contributed by atoms with van der Waals surface area (Å²) in [6.07, 6.45) is -0.577. The SMILES string of the molecule is Cc1cc(N2C[C@H](OC(C)C)[C@@H](O)C2)nc(N)n1. The summed E-state index contributed by atoms with van der Waals surface area (Å²) in [6, 6.07) is 1.86. The van der Waals surface area contributed by atoms with Crippen LogP contribution < -0.4 is 10.6 Å². The van der Waals surface area contributed by atoms with E-state index in [0.29, 0.717) is 13.1 Å². The quantitative estimate of drug-likeness (QED) is 0.807. The molecule has 0 spiro atoms. The van der Waals surface area contributed by atoms with Gasteiger partial charge in [-0.3, -0.25) is 0 Å². The topological polar surface area (TPSA) is 84.5 Å². The molecule has 100 valence electrons. The lowest BCUT2D eigenvalue weighted by molar-refractivity contribution is -0.0386. The van der Waals surface area contributed by atoms with Crippen LogP contribution in [0.1, 0.15) is 19.5 Å². The molecule has 2 atom stereocenters. The second-order valence-electron chi connectivity index (χ2n) is 4.92. The molecule has 6 nitrogen and oxygen atoms in total. The molecule has 1 aliphatic rings. The Labute approximate surface area is 107 Å². The van der Waals surface area contributed by atoms with Gasteiger partial charge in [0, 0.05) is 24.8 Å². The summed E-state index contributed by atoms with van der Waals surface area (Å²) in [5.74, 6) is 1.00. The lowest BCUT2D eigenvalue weighted by Crippen LogP contribution is -2.29. The highest BCUT2D eigenvalue weighted by Gasteiger charge is 2.33. The Balaban J connectivity index is 2.11. The van der Waals surface area contributed by atoms with E-state index in [-0.39, 0.29) is 18.2 Å². The van der Waals surface area contributed by atoms with E-state index in [1.165, 1.54) is 0 Å². The zero-order valence-corrected chi connectivity index (χ0v) is 11.0. The van der Waals surface area contributed by atoms with Crippen LogP contribution in [-0.2, 0) is 4.74 Å². The van der Waals surface area contributed by atoms with Crippen molar-refractivity contribution in [1.82, 2.24) is 9.97 Å². The van der Waals surface area contributed by atoms with Gasteiger partial charge < -0.3 is 20.5 Å². The lowest BCUT2D eigenvalue weighted by Gasteiger charge is -2.19. The minimum atomic E-state index is -0.496. The first-order valence-electron chi connectivity index (χ1n) is 6.15. The largest absolute Gasteiger partial charge is 0.388 e. The van der Waals surface area contributed by atoms with Gasteiger partial charge in [-0.1, -0.05) is 0 Å². The van der Waals surface area contributed by atoms with Gasteiger partial charge in [-0.15, -0.1) is 0 Å². The molecule has 0 aliphatic carbocycles. The summed E-state index contributed by atoms with van der Waals surface area (Å²) in [5.41, 5.74) is 6.45. The smallest absolute Gasteiger partial charge is 0.222 e. The number of hydrogen-bond acceptors (Lipinski definition) is 6.